The summed E-state index contributed by atoms with van der Waals surface area (Å²) in [4.78, 5) is 11.2. The van der Waals surface area contributed by atoms with Crippen LogP contribution in [0.15, 0.2) is 11.1 Å². The van der Waals surface area contributed by atoms with Crippen molar-refractivity contribution < 1.29 is 4.79 Å². The van der Waals surface area contributed by atoms with Gasteiger partial charge in [0, 0.05) is 5.41 Å². The van der Waals surface area contributed by atoms with Crippen LogP contribution in [-0.4, -0.2) is 5.78 Å². The predicted molar refractivity (Wildman–Crippen MR) is 44.1 cm³/mol. The highest BCUT2D eigenvalue weighted by Gasteiger charge is 2.22. The van der Waals surface area contributed by atoms with Crippen molar-refractivity contribution in [2.24, 2.45) is 5.41 Å². The first kappa shape index (κ1) is 9.70. The van der Waals surface area contributed by atoms with Gasteiger partial charge in [0.25, 0.3) is 0 Å². The van der Waals surface area contributed by atoms with Crippen molar-refractivity contribution in [1.29, 1.82) is 0 Å². The standard InChI is InChI=1S/C8H13ClO/c1-5-6(9)7(10)8(2,3)4/h5H,1-4H3/b6-5+. The van der Waals surface area contributed by atoms with Crippen LogP contribution in [0.25, 0.3) is 0 Å². The molecule has 0 aliphatic rings. The summed E-state index contributed by atoms with van der Waals surface area (Å²) in [5.74, 6) is -0.00309. The highest BCUT2D eigenvalue weighted by Crippen LogP contribution is 2.21. The lowest BCUT2D eigenvalue weighted by molar-refractivity contribution is -0.121. The molecule has 0 atom stereocenters. The maximum atomic E-state index is 11.2. The molecule has 10 heavy (non-hydrogen) atoms. The van der Waals surface area contributed by atoms with Crippen molar-refractivity contribution in [1.82, 2.24) is 0 Å². The SMILES string of the molecule is C/C=C(/Cl)C(=O)C(C)(C)C. The summed E-state index contributed by atoms with van der Waals surface area (Å²) < 4.78 is 0. The monoisotopic (exact) mass is 160 g/mol. The number of Topliss-reactive ketones (excluding diaryl/α,β-unsaturated/α-hetero) is 1. The average molecular weight is 161 g/mol. The molecule has 0 rings (SSSR count). The molecule has 0 aliphatic heterocycles. The van der Waals surface area contributed by atoms with Crippen LogP contribution in [0.5, 0.6) is 0 Å². The summed E-state index contributed by atoms with van der Waals surface area (Å²) in [5.41, 5.74) is -0.358. The van der Waals surface area contributed by atoms with E-state index in [1.54, 1.807) is 13.0 Å². The van der Waals surface area contributed by atoms with Gasteiger partial charge in [0.15, 0.2) is 5.78 Å². The predicted octanol–water partition coefficient (Wildman–Crippen LogP) is 2.74. The quantitative estimate of drug-likeness (QED) is 0.539. The number of hydrogen-bond acceptors (Lipinski definition) is 1. The van der Waals surface area contributed by atoms with Gasteiger partial charge >= 0.3 is 0 Å². The second kappa shape index (κ2) is 3.20. The summed E-state index contributed by atoms with van der Waals surface area (Å²) in [6.45, 7) is 7.30. The van der Waals surface area contributed by atoms with Gasteiger partial charge in [-0.15, -0.1) is 0 Å². The van der Waals surface area contributed by atoms with Crippen molar-refractivity contribution in [2.45, 2.75) is 27.7 Å². The lowest BCUT2D eigenvalue weighted by Crippen LogP contribution is -2.19. The molecule has 0 heterocycles. The minimum atomic E-state index is -0.358. The number of rotatable bonds is 1. The van der Waals surface area contributed by atoms with Gasteiger partial charge in [-0.1, -0.05) is 38.4 Å². The van der Waals surface area contributed by atoms with E-state index in [0.717, 1.165) is 0 Å². The Morgan fingerprint density at radius 1 is 1.40 bits per heavy atom. The number of hydrogen-bond donors (Lipinski definition) is 0. The number of allylic oxidation sites excluding steroid dienone is 2. The summed E-state index contributed by atoms with van der Waals surface area (Å²) in [6, 6.07) is 0. The number of carbonyl (C=O) groups is 1. The van der Waals surface area contributed by atoms with E-state index in [1.807, 2.05) is 20.8 Å². The molecule has 0 saturated heterocycles. The summed E-state index contributed by atoms with van der Waals surface area (Å²) >= 11 is 5.61. The van der Waals surface area contributed by atoms with Gasteiger partial charge in [-0.2, -0.15) is 0 Å². The van der Waals surface area contributed by atoms with E-state index in [4.69, 9.17) is 11.6 Å². The minimum absolute atomic E-state index is 0.00309. The molecule has 0 aromatic carbocycles. The van der Waals surface area contributed by atoms with Crippen LogP contribution in [0.4, 0.5) is 0 Å². The van der Waals surface area contributed by atoms with Crippen LogP contribution < -0.4 is 0 Å². The molecular formula is C8H13ClO. The Kier molecular flexibility index (Phi) is 3.10. The highest BCUT2D eigenvalue weighted by atomic mass is 35.5. The zero-order valence-electron chi connectivity index (χ0n) is 6.86. The normalized spacial score (nSPS) is 13.5. The summed E-state index contributed by atoms with van der Waals surface area (Å²) in [7, 11) is 0. The first-order chi connectivity index (χ1) is 4.39. The molecule has 0 amide bonds. The van der Waals surface area contributed by atoms with Crippen LogP contribution in [0.2, 0.25) is 0 Å². The fourth-order valence-electron chi connectivity index (χ4n) is 0.489. The third kappa shape index (κ3) is 2.53. The number of carbonyl (C=O) groups excluding carboxylic acids is 1. The Hall–Kier alpha value is -0.300. The Morgan fingerprint density at radius 2 is 1.80 bits per heavy atom. The first-order valence-electron chi connectivity index (χ1n) is 3.26. The lowest BCUT2D eigenvalue weighted by atomic mass is 9.90. The van der Waals surface area contributed by atoms with E-state index in [9.17, 15) is 4.79 Å². The molecule has 0 aliphatic carbocycles. The van der Waals surface area contributed by atoms with Crippen molar-refractivity contribution in [3.63, 3.8) is 0 Å². The third-order valence-electron chi connectivity index (χ3n) is 1.15. The largest absolute Gasteiger partial charge is 0.293 e. The molecule has 0 radical (unpaired) electrons. The maximum Gasteiger partial charge on any atom is 0.179 e. The zero-order valence-corrected chi connectivity index (χ0v) is 7.62. The second-order valence-electron chi connectivity index (χ2n) is 3.22. The van der Waals surface area contributed by atoms with Gasteiger partial charge in [0.2, 0.25) is 0 Å². The van der Waals surface area contributed by atoms with Crippen LogP contribution in [0, 0.1) is 5.41 Å². The molecule has 0 bridgehead atoms. The van der Waals surface area contributed by atoms with Crippen molar-refractivity contribution in [3.8, 4) is 0 Å². The molecule has 0 unspecified atom stereocenters. The molecule has 0 spiro atoms. The van der Waals surface area contributed by atoms with Gasteiger partial charge < -0.3 is 0 Å². The summed E-state index contributed by atoms with van der Waals surface area (Å²) in [6.07, 6.45) is 1.62. The van der Waals surface area contributed by atoms with E-state index < -0.39 is 0 Å². The smallest absolute Gasteiger partial charge is 0.179 e. The Balaban J connectivity index is 4.39. The van der Waals surface area contributed by atoms with Crippen LogP contribution in [0.1, 0.15) is 27.7 Å². The average Bonchev–Trinajstić information content (AvgIpc) is 1.83. The molecule has 0 saturated carbocycles. The van der Waals surface area contributed by atoms with E-state index in [2.05, 4.69) is 0 Å². The van der Waals surface area contributed by atoms with Crippen LogP contribution in [0.3, 0.4) is 0 Å². The van der Waals surface area contributed by atoms with Crippen molar-refractivity contribution >= 4 is 17.4 Å². The molecule has 0 N–H and O–H groups in total. The minimum Gasteiger partial charge on any atom is -0.293 e. The third-order valence-corrected chi connectivity index (χ3v) is 1.54. The van der Waals surface area contributed by atoms with E-state index in [0.29, 0.717) is 5.03 Å². The van der Waals surface area contributed by atoms with Crippen molar-refractivity contribution in [3.05, 3.63) is 11.1 Å². The second-order valence-corrected chi connectivity index (χ2v) is 3.62. The lowest BCUT2D eigenvalue weighted by Gasteiger charge is -2.14. The first-order valence-corrected chi connectivity index (χ1v) is 3.64. The Bertz CT molecular complexity index is 163. The summed E-state index contributed by atoms with van der Waals surface area (Å²) in [5, 5.41) is 0.326. The van der Waals surface area contributed by atoms with Crippen LogP contribution >= 0.6 is 11.6 Å². The molecule has 58 valence electrons. The molecular weight excluding hydrogens is 148 g/mol. The van der Waals surface area contributed by atoms with Gasteiger partial charge in [-0.05, 0) is 6.92 Å². The molecule has 0 fully saturated rings. The van der Waals surface area contributed by atoms with Gasteiger partial charge in [-0.25, -0.2) is 0 Å². The highest BCUT2D eigenvalue weighted by molar-refractivity contribution is 6.43. The Labute approximate surface area is 67.1 Å². The number of ketones is 1. The Morgan fingerprint density at radius 3 is 1.90 bits per heavy atom. The number of halogens is 1. The fraction of sp³-hybridized carbons (Fsp3) is 0.625. The zero-order chi connectivity index (χ0) is 8.36. The molecule has 2 heteroatoms. The molecule has 0 aromatic rings. The maximum absolute atomic E-state index is 11.2. The van der Waals surface area contributed by atoms with Gasteiger partial charge in [-0.3, -0.25) is 4.79 Å². The van der Waals surface area contributed by atoms with Crippen molar-refractivity contribution in [2.75, 3.05) is 0 Å². The van der Waals surface area contributed by atoms with E-state index in [1.165, 1.54) is 0 Å². The topological polar surface area (TPSA) is 17.1 Å². The van der Waals surface area contributed by atoms with Gasteiger partial charge in [0.1, 0.15) is 0 Å². The molecule has 0 aromatic heterocycles. The van der Waals surface area contributed by atoms with E-state index >= 15 is 0 Å². The van der Waals surface area contributed by atoms with Crippen LogP contribution in [-0.2, 0) is 4.79 Å². The van der Waals surface area contributed by atoms with E-state index in [-0.39, 0.29) is 11.2 Å². The fourth-order valence-corrected chi connectivity index (χ4v) is 0.773. The molecule has 1 nitrogen and oxygen atoms in total. The van der Waals surface area contributed by atoms with Gasteiger partial charge in [0.05, 0.1) is 5.03 Å².